The number of rotatable bonds is 2. The van der Waals surface area contributed by atoms with E-state index in [0.717, 1.165) is 30.8 Å². The number of aliphatic hydroxyl groups excluding tert-OH is 1. The Morgan fingerprint density at radius 2 is 2.13 bits per heavy atom. The molecule has 82 valence electrons. The molecule has 1 aliphatic rings. The van der Waals surface area contributed by atoms with E-state index in [2.05, 4.69) is 15.3 Å². The topological polar surface area (TPSA) is 58.0 Å². The largest absolute Gasteiger partial charge is 0.391 e. The molecule has 0 aliphatic heterocycles. The summed E-state index contributed by atoms with van der Waals surface area (Å²) in [5.41, 5.74) is 0.942. The molecule has 4 nitrogen and oxygen atoms in total. The van der Waals surface area contributed by atoms with Gasteiger partial charge in [-0.25, -0.2) is 9.97 Å². The van der Waals surface area contributed by atoms with Crippen molar-refractivity contribution in [3.63, 3.8) is 0 Å². The van der Waals surface area contributed by atoms with Gasteiger partial charge >= 0.3 is 0 Å². The van der Waals surface area contributed by atoms with Gasteiger partial charge < -0.3 is 10.4 Å². The van der Waals surface area contributed by atoms with Crippen LogP contribution in [0, 0.1) is 6.92 Å². The van der Waals surface area contributed by atoms with Crippen molar-refractivity contribution in [2.75, 3.05) is 5.32 Å². The Labute approximate surface area is 89.8 Å². The molecule has 1 saturated carbocycles. The van der Waals surface area contributed by atoms with Crippen LogP contribution in [-0.4, -0.2) is 27.2 Å². The number of aliphatic hydroxyl groups is 1. The molecular formula is C11H17N3O. The number of nitrogens with one attached hydrogen (secondary N) is 1. The molecule has 2 atom stereocenters. The maximum Gasteiger partial charge on any atom is 0.129 e. The highest BCUT2D eigenvalue weighted by Crippen LogP contribution is 2.21. The van der Waals surface area contributed by atoms with E-state index in [0.29, 0.717) is 0 Å². The van der Waals surface area contributed by atoms with Gasteiger partial charge in [0.25, 0.3) is 0 Å². The maximum atomic E-state index is 9.79. The van der Waals surface area contributed by atoms with Crippen molar-refractivity contribution < 1.29 is 5.11 Å². The van der Waals surface area contributed by atoms with E-state index in [1.807, 2.05) is 13.0 Å². The highest BCUT2D eigenvalue weighted by Gasteiger charge is 2.22. The number of hydrogen-bond donors (Lipinski definition) is 2. The van der Waals surface area contributed by atoms with Crippen molar-refractivity contribution in [2.24, 2.45) is 0 Å². The molecule has 2 rings (SSSR count). The van der Waals surface area contributed by atoms with Crippen LogP contribution in [0.15, 0.2) is 12.4 Å². The molecular weight excluding hydrogens is 190 g/mol. The van der Waals surface area contributed by atoms with Crippen LogP contribution >= 0.6 is 0 Å². The van der Waals surface area contributed by atoms with Gasteiger partial charge in [0.15, 0.2) is 0 Å². The molecule has 0 spiro atoms. The Morgan fingerprint density at radius 1 is 1.33 bits per heavy atom. The minimum absolute atomic E-state index is 0.146. The van der Waals surface area contributed by atoms with Crippen LogP contribution in [0.3, 0.4) is 0 Å². The Kier molecular flexibility index (Phi) is 3.16. The van der Waals surface area contributed by atoms with Crippen LogP contribution in [0.5, 0.6) is 0 Å². The molecule has 1 fully saturated rings. The van der Waals surface area contributed by atoms with Crippen molar-refractivity contribution in [3.05, 3.63) is 18.1 Å². The molecule has 1 aliphatic carbocycles. The number of aryl methyl sites for hydroxylation is 1. The molecule has 0 aromatic carbocycles. The molecule has 0 unspecified atom stereocenters. The summed E-state index contributed by atoms with van der Waals surface area (Å²) >= 11 is 0. The zero-order chi connectivity index (χ0) is 10.7. The van der Waals surface area contributed by atoms with E-state index in [4.69, 9.17) is 0 Å². The maximum absolute atomic E-state index is 9.79. The lowest BCUT2D eigenvalue weighted by Gasteiger charge is -2.28. The lowest BCUT2D eigenvalue weighted by molar-refractivity contribution is 0.116. The first kappa shape index (κ1) is 10.4. The minimum atomic E-state index is -0.242. The lowest BCUT2D eigenvalue weighted by Crippen LogP contribution is -2.36. The van der Waals surface area contributed by atoms with Gasteiger partial charge in [-0.1, -0.05) is 12.8 Å². The van der Waals surface area contributed by atoms with E-state index >= 15 is 0 Å². The van der Waals surface area contributed by atoms with Crippen molar-refractivity contribution in [1.29, 1.82) is 0 Å². The Balaban J connectivity index is 2.01. The van der Waals surface area contributed by atoms with Gasteiger partial charge in [-0.2, -0.15) is 0 Å². The molecule has 2 N–H and O–H groups in total. The average molecular weight is 207 g/mol. The van der Waals surface area contributed by atoms with E-state index in [-0.39, 0.29) is 12.1 Å². The fourth-order valence-electron chi connectivity index (χ4n) is 2.00. The molecule has 4 heteroatoms. The summed E-state index contributed by atoms with van der Waals surface area (Å²) in [6.45, 7) is 1.93. The quantitative estimate of drug-likeness (QED) is 0.771. The lowest BCUT2D eigenvalue weighted by atomic mass is 9.92. The van der Waals surface area contributed by atoms with Crippen molar-refractivity contribution >= 4 is 5.82 Å². The van der Waals surface area contributed by atoms with Gasteiger partial charge in [-0.05, 0) is 19.8 Å². The van der Waals surface area contributed by atoms with Crippen LogP contribution in [-0.2, 0) is 0 Å². The first-order chi connectivity index (χ1) is 7.25. The first-order valence-corrected chi connectivity index (χ1v) is 5.49. The van der Waals surface area contributed by atoms with Crippen LogP contribution in [0.4, 0.5) is 5.82 Å². The summed E-state index contributed by atoms with van der Waals surface area (Å²) in [4.78, 5) is 8.17. The van der Waals surface area contributed by atoms with Gasteiger partial charge in [0.05, 0.1) is 12.1 Å². The molecule has 1 heterocycles. The molecule has 1 aromatic heterocycles. The van der Waals surface area contributed by atoms with Crippen molar-refractivity contribution in [3.8, 4) is 0 Å². The third-order valence-corrected chi connectivity index (χ3v) is 2.87. The Morgan fingerprint density at radius 3 is 2.87 bits per heavy atom. The summed E-state index contributed by atoms with van der Waals surface area (Å²) in [5, 5.41) is 13.1. The molecule has 0 bridgehead atoms. The summed E-state index contributed by atoms with van der Waals surface area (Å²) in [7, 11) is 0. The predicted molar refractivity (Wildman–Crippen MR) is 58.7 cm³/mol. The zero-order valence-electron chi connectivity index (χ0n) is 8.98. The van der Waals surface area contributed by atoms with Crippen LogP contribution in [0.2, 0.25) is 0 Å². The average Bonchev–Trinajstić information content (AvgIpc) is 2.22. The number of nitrogens with zero attached hydrogens (tertiary/aromatic N) is 2. The molecule has 15 heavy (non-hydrogen) atoms. The first-order valence-electron chi connectivity index (χ1n) is 5.49. The number of hydrogen-bond acceptors (Lipinski definition) is 4. The van der Waals surface area contributed by atoms with Gasteiger partial charge in [0, 0.05) is 11.8 Å². The molecule has 1 aromatic rings. The summed E-state index contributed by atoms with van der Waals surface area (Å²) in [6.07, 6.45) is 5.52. The van der Waals surface area contributed by atoms with Crippen LogP contribution < -0.4 is 5.32 Å². The van der Waals surface area contributed by atoms with E-state index in [1.165, 1.54) is 6.42 Å². The summed E-state index contributed by atoms with van der Waals surface area (Å²) in [6, 6.07) is 2.05. The number of aromatic nitrogens is 2. The fourth-order valence-corrected chi connectivity index (χ4v) is 2.00. The normalized spacial score (nSPS) is 26.3. The van der Waals surface area contributed by atoms with Crippen molar-refractivity contribution in [1.82, 2.24) is 9.97 Å². The minimum Gasteiger partial charge on any atom is -0.391 e. The smallest absolute Gasteiger partial charge is 0.129 e. The second-order valence-electron chi connectivity index (χ2n) is 4.15. The zero-order valence-corrected chi connectivity index (χ0v) is 8.98. The second kappa shape index (κ2) is 4.57. The molecule has 0 amide bonds. The third kappa shape index (κ3) is 2.65. The second-order valence-corrected chi connectivity index (χ2v) is 4.15. The highest BCUT2D eigenvalue weighted by atomic mass is 16.3. The Bertz CT molecular complexity index is 329. The van der Waals surface area contributed by atoms with Crippen molar-refractivity contribution in [2.45, 2.75) is 44.8 Å². The van der Waals surface area contributed by atoms with Crippen LogP contribution in [0.25, 0.3) is 0 Å². The number of anilines is 1. The predicted octanol–water partition coefficient (Wildman–Crippen LogP) is 1.50. The van der Waals surface area contributed by atoms with E-state index < -0.39 is 0 Å². The molecule has 0 saturated heterocycles. The van der Waals surface area contributed by atoms with Crippen LogP contribution in [0.1, 0.15) is 31.4 Å². The summed E-state index contributed by atoms with van der Waals surface area (Å²) in [5.74, 6) is 0.813. The molecule has 0 radical (unpaired) electrons. The van der Waals surface area contributed by atoms with E-state index in [9.17, 15) is 5.11 Å². The fraction of sp³-hybridized carbons (Fsp3) is 0.636. The van der Waals surface area contributed by atoms with Gasteiger partial charge in [-0.3, -0.25) is 0 Å². The summed E-state index contributed by atoms with van der Waals surface area (Å²) < 4.78 is 0. The highest BCUT2D eigenvalue weighted by molar-refractivity contribution is 5.36. The standard InChI is InChI=1S/C11H17N3O/c1-8-6-11(13-7-12-8)14-9-4-2-3-5-10(9)15/h6-7,9-10,15H,2-5H2,1H3,(H,12,13,14)/t9-,10-/m0/s1. The van der Waals surface area contributed by atoms with E-state index in [1.54, 1.807) is 6.33 Å². The Hall–Kier alpha value is -1.16. The third-order valence-electron chi connectivity index (χ3n) is 2.87. The SMILES string of the molecule is Cc1cc(N[C@H]2CCCC[C@@H]2O)ncn1. The monoisotopic (exact) mass is 207 g/mol. The van der Waals surface area contributed by atoms with Gasteiger partial charge in [0.1, 0.15) is 12.1 Å². The van der Waals surface area contributed by atoms with Gasteiger partial charge in [0.2, 0.25) is 0 Å². The van der Waals surface area contributed by atoms with Gasteiger partial charge in [-0.15, -0.1) is 0 Å².